The molecule has 136 valence electrons. The molecular formula is C18H21N5O3. The second-order valence-corrected chi connectivity index (χ2v) is 5.60. The summed E-state index contributed by atoms with van der Waals surface area (Å²) in [5, 5.41) is 10.2. The van der Waals surface area contributed by atoms with E-state index in [1.165, 1.54) is 6.33 Å². The van der Waals surface area contributed by atoms with E-state index in [-0.39, 0.29) is 0 Å². The van der Waals surface area contributed by atoms with Crippen LogP contribution >= 0.6 is 0 Å². The van der Waals surface area contributed by atoms with Gasteiger partial charge in [-0.05, 0) is 31.0 Å². The molecule has 26 heavy (non-hydrogen) atoms. The summed E-state index contributed by atoms with van der Waals surface area (Å²) < 4.78 is 15.6. The van der Waals surface area contributed by atoms with Crippen LogP contribution in [0.15, 0.2) is 41.2 Å². The monoisotopic (exact) mass is 355 g/mol. The topological polar surface area (TPSA) is 94.3 Å². The summed E-state index contributed by atoms with van der Waals surface area (Å²) in [7, 11) is 3.26. The lowest BCUT2D eigenvalue weighted by molar-refractivity contribution is 0.354. The summed E-state index contributed by atoms with van der Waals surface area (Å²) in [6.07, 6.45) is 2.31. The van der Waals surface area contributed by atoms with Crippen molar-refractivity contribution in [3.05, 3.63) is 48.0 Å². The van der Waals surface area contributed by atoms with Crippen LogP contribution in [0.5, 0.6) is 11.5 Å². The van der Waals surface area contributed by atoms with Gasteiger partial charge in [0, 0.05) is 18.7 Å². The van der Waals surface area contributed by atoms with Crippen molar-refractivity contribution in [2.24, 2.45) is 0 Å². The molecule has 0 unspecified atom stereocenters. The van der Waals surface area contributed by atoms with E-state index in [9.17, 15) is 0 Å². The number of anilines is 3. The third-order valence-corrected chi connectivity index (χ3v) is 3.72. The number of benzene rings is 1. The van der Waals surface area contributed by atoms with Gasteiger partial charge in [-0.3, -0.25) is 0 Å². The lowest BCUT2D eigenvalue weighted by Gasteiger charge is -2.10. The minimum Gasteiger partial charge on any atom is -0.493 e. The van der Waals surface area contributed by atoms with Crippen molar-refractivity contribution in [1.29, 1.82) is 0 Å². The molecule has 3 rings (SSSR count). The number of nitrogens with zero attached hydrogens (tertiary/aromatic N) is 3. The number of nitrogens with one attached hydrogen (secondary N) is 2. The number of aryl methyl sites for hydroxylation is 1. The molecule has 0 bridgehead atoms. The Morgan fingerprint density at radius 1 is 0.962 bits per heavy atom. The maximum atomic E-state index is 5.33. The van der Waals surface area contributed by atoms with Crippen molar-refractivity contribution < 1.29 is 14.0 Å². The molecule has 0 fully saturated rings. The SMILES string of the molecule is COc1ccc(CCNc2cc(Nc3cc(C)on3)ncn2)cc1OC. The van der Waals surface area contributed by atoms with Crippen LogP contribution in [-0.4, -0.2) is 35.9 Å². The molecule has 0 amide bonds. The van der Waals surface area contributed by atoms with Crippen LogP contribution in [0.1, 0.15) is 11.3 Å². The Kier molecular flexibility index (Phi) is 5.52. The molecule has 0 spiro atoms. The first-order chi connectivity index (χ1) is 12.7. The summed E-state index contributed by atoms with van der Waals surface area (Å²) in [6.45, 7) is 2.55. The van der Waals surface area contributed by atoms with Crippen molar-refractivity contribution in [3.8, 4) is 11.5 Å². The molecule has 1 aromatic carbocycles. The van der Waals surface area contributed by atoms with E-state index in [2.05, 4.69) is 25.8 Å². The predicted octanol–water partition coefficient (Wildman–Crippen LogP) is 3.19. The highest BCUT2D eigenvalue weighted by molar-refractivity contribution is 5.55. The second-order valence-electron chi connectivity index (χ2n) is 5.60. The van der Waals surface area contributed by atoms with Gasteiger partial charge in [-0.15, -0.1) is 0 Å². The molecule has 0 atom stereocenters. The summed E-state index contributed by atoms with van der Waals surface area (Å²) in [4.78, 5) is 8.41. The molecule has 8 nitrogen and oxygen atoms in total. The summed E-state index contributed by atoms with van der Waals surface area (Å²) in [5.74, 6) is 4.15. The minimum absolute atomic E-state index is 0.609. The van der Waals surface area contributed by atoms with Crippen molar-refractivity contribution in [2.45, 2.75) is 13.3 Å². The van der Waals surface area contributed by atoms with E-state index in [1.54, 1.807) is 20.3 Å². The average Bonchev–Trinajstić information content (AvgIpc) is 3.06. The molecule has 2 N–H and O–H groups in total. The number of rotatable bonds is 8. The van der Waals surface area contributed by atoms with E-state index in [0.29, 0.717) is 11.6 Å². The Morgan fingerprint density at radius 2 is 1.77 bits per heavy atom. The van der Waals surface area contributed by atoms with E-state index >= 15 is 0 Å². The summed E-state index contributed by atoms with van der Waals surface area (Å²) >= 11 is 0. The zero-order valence-corrected chi connectivity index (χ0v) is 14.9. The van der Waals surface area contributed by atoms with Gasteiger partial charge in [0.25, 0.3) is 0 Å². The molecule has 0 radical (unpaired) electrons. The maximum Gasteiger partial charge on any atom is 0.175 e. The van der Waals surface area contributed by atoms with Crippen LogP contribution in [0.2, 0.25) is 0 Å². The minimum atomic E-state index is 0.609. The van der Waals surface area contributed by atoms with E-state index in [4.69, 9.17) is 14.0 Å². The van der Waals surface area contributed by atoms with Crippen molar-refractivity contribution in [2.75, 3.05) is 31.4 Å². The summed E-state index contributed by atoms with van der Waals surface area (Å²) in [6, 6.07) is 9.51. The van der Waals surface area contributed by atoms with Crippen LogP contribution in [-0.2, 0) is 6.42 Å². The highest BCUT2D eigenvalue weighted by Gasteiger charge is 2.06. The van der Waals surface area contributed by atoms with Gasteiger partial charge < -0.3 is 24.6 Å². The third kappa shape index (κ3) is 4.41. The first kappa shape index (κ1) is 17.5. The molecule has 0 aliphatic rings. The van der Waals surface area contributed by atoms with Gasteiger partial charge in [-0.1, -0.05) is 11.2 Å². The predicted molar refractivity (Wildman–Crippen MR) is 98.3 cm³/mol. The van der Waals surface area contributed by atoms with Crippen LogP contribution in [0.3, 0.4) is 0 Å². The Morgan fingerprint density at radius 3 is 2.50 bits per heavy atom. The van der Waals surface area contributed by atoms with Crippen molar-refractivity contribution in [1.82, 2.24) is 15.1 Å². The average molecular weight is 355 g/mol. The van der Waals surface area contributed by atoms with Gasteiger partial charge in [0.2, 0.25) is 0 Å². The highest BCUT2D eigenvalue weighted by atomic mass is 16.5. The number of methoxy groups -OCH3 is 2. The van der Waals surface area contributed by atoms with Gasteiger partial charge in [0.05, 0.1) is 14.2 Å². The fourth-order valence-electron chi connectivity index (χ4n) is 2.45. The van der Waals surface area contributed by atoms with Gasteiger partial charge in [-0.25, -0.2) is 9.97 Å². The van der Waals surface area contributed by atoms with E-state index < -0.39 is 0 Å². The van der Waals surface area contributed by atoms with E-state index in [0.717, 1.165) is 41.6 Å². The molecular weight excluding hydrogens is 334 g/mol. The van der Waals surface area contributed by atoms with Gasteiger partial charge in [-0.2, -0.15) is 0 Å². The fourth-order valence-corrected chi connectivity index (χ4v) is 2.45. The first-order valence-electron chi connectivity index (χ1n) is 8.15. The maximum absolute atomic E-state index is 5.33. The molecule has 0 saturated heterocycles. The van der Waals surface area contributed by atoms with Gasteiger partial charge >= 0.3 is 0 Å². The van der Waals surface area contributed by atoms with Crippen LogP contribution in [0.4, 0.5) is 17.5 Å². The second kappa shape index (κ2) is 8.19. The molecule has 3 aromatic rings. The number of ether oxygens (including phenoxy) is 2. The molecule has 0 aliphatic carbocycles. The molecule has 0 aliphatic heterocycles. The fraction of sp³-hybridized carbons (Fsp3) is 0.278. The Balaban J connectivity index is 1.57. The number of hydrogen-bond donors (Lipinski definition) is 2. The first-order valence-corrected chi connectivity index (χ1v) is 8.15. The Hall–Kier alpha value is -3.29. The lowest BCUT2D eigenvalue weighted by atomic mass is 10.1. The van der Waals surface area contributed by atoms with Crippen LogP contribution in [0, 0.1) is 6.92 Å². The number of hydrogen-bond acceptors (Lipinski definition) is 8. The van der Waals surface area contributed by atoms with Crippen molar-refractivity contribution >= 4 is 17.5 Å². The highest BCUT2D eigenvalue weighted by Crippen LogP contribution is 2.27. The zero-order chi connectivity index (χ0) is 18.4. The van der Waals surface area contributed by atoms with Gasteiger partial charge in [0.1, 0.15) is 23.7 Å². The summed E-state index contributed by atoms with van der Waals surface area (Å²) in [5.41, 5.74) is 1.14. The Labute approximate surface area is 151 Å². The molecule has 2 aromatic heterocycles. The number of aromatic nitrogens is 3. The molecule has 8 heteroatoms. The third-order valence-electron chi connectivity index (χ3n) is 3.72. The van der Waals surface area contributed by atoms with E-state index in [1.807, 2.05) is 31.2 Å². The largest absolute Gasteiger partial charge is 0.493 e. The zero-order valence-electron chi connectivity index (χ0n) is 14.9. The van der Waals surface area contributed by atoms with Crippen LogP contribution in [0.25, 0.3) is 0 Å². The standard InChI is InChI=1S/C18H21N5O3/c1-12-8-18(23-26-12)22-17-10-16(20-11-21-17)19-7-6-13-4-5-14(24-2)15(9-13)25-3/h4-5,8-11H,6-7H2,1-3H3,(H2,19,20,21,22,23). The van der Waals surface area contributed by atoms with Crippen molar-refractivity contribution in [3.63, 3.8) is 0 Å². The smallest absolute Gasteiger partial charge is 0.175 e. The normalized spacial score (nSPS) is 10.4. The Bertz CT molecular complexity index is 866. The molecule has 0 saturated carbocycles. The lowest BCUT2D eigenvalue weighted by Crippen LogP contribution is -2.07. The molecule has 2 heterocycles. The van der Waals surface area contributed by atoms with Crippen LogP contribution < -0.4 is 20.1 Å². The quantitative estimate of drug-likeness (QED) is 0.636. The van der Waals surface area contributed by atoms with Gasteiger partial charge in [0.15, 0.2) is 17.3 Å².